The van der Waals surface area contributed by atoms with Crippen molar-refractivity contribution in [1.82, 2.24) is 20.4 Å². The first-order valence-electron chi connectivity index (χ1n) is 8.50. The van der Waals surface area contributed by atoms with Crippen LogP contribution in [0.2, 0.25) is 0 Å². The topological polar surface area (TPSA) is 64.7 Å². The fraction of sp³-hybridized carbons (Fsp3) is 0.875. The van der Waals surface area contributed by atoms with E-state index in [-0.39, 0.29) is 23.4 Å². The molecular weight excluding hydrogens is 280 g/mol. The van der Waals surface area contributed by atoms with E-state index in [1.807, 2.05) is 18.7 Å². The van der Waals surface area contributed by atoms with Gasteiger partial charge in [0.05, 0.1) is 0 Å². The van der Waals surface area contributed by atoms with Crippen molar-refractivity contribution < 1.29 is 9.59 Å². The van der Waals surface area contributed by atoms with Crippen LogP contribution in [0.1, 0.15) is 33.1 Å². The minimum atomic E-state index is -0.114. The van der Waals surface area contributed by atoms with Crippen molar-refractivity contribution >= 4 is 11.9 Å². The van der Waals surface area contributed by atoms with Crippen LogP contribution < -0.4 is 10.6 Å². The number of carbonyl (C=O) groups excluding carboxylic acids is 2. The zero-order chi connectivity index (χ0) is 15.7. The van der Waals surface area contributed by atoms with E-state index in [0.29, 0.717) is 19.5 Å². The third-order valence-corrected chi connectivity index (χ3v) is 4.88. The first-order valence-corrected chi connectivity index (χ1v) is 8.50. The van der Waals surface area contributed by atoms with Crippen LogP contribution in [0.4, 0.5) is 4.79 Å². The lowest BCUT2D eigenvalue weighted by Gasteiger charge is -2.33. The van der Waals surface area contributed by atoms with Gasteiger partial charge >= 0.3 is 6.03 Å². The lowest BCUT2D eigenvalue weighted by molar-refractivity contribution is -0.119. The number of carbonyl (C=O) groups is 2. The third-order valence-electron chi connectivity index (χ3n) is 4.88. The SMILES string of the molecule is CC(C)NC(=O)N1CCN(CC2CC2)C[C@]2(CNC(=O)C2)C1. The maximum Gasteiger partial charge on any atom is 0.317 e. The molecule has 0 radical (unpaired) electrons. The Labute approximate surface area is 132 Å². The molecule has 0 aromatic heterocycles. The second kappa shape index (κ2) is 6.07. The van der Waals surface area contributed by atoms with E-state index in [1.54, 1.807) is 0 Å². The largest absolute Gasteiger partial charge is 0.355 e. The van der Waals surface area contributed by atoms with E-state index in [0.717, 1.165) is 32.1 Å². The van der Waals surface area contributed by atoms with Gasteiger partial charge in [-0.3, -0.25) is 4.79 Å². The van der Waals surface area contributed by atoms with Crippen molar-refractivity contribution in [2.24, 2.45) is 11.3 Å². The van der Waals surface area contributed by atoms with Gasteiger partial charge in [0.15, 0.2) is 0 Å². The maximum atomic E-state index is 12.4. The summed E-state index contributed by atoms with van der Waals surface area (Å²) in [5, 5.41) is 5.96. The Bertz CT molecular complexity index is 449. The summed E-state index contributed by atoms with van der Waals surface area (Å²) in [6.45, 7) is 9.03. The minimum absolute atomic E-state index is 0.00185. The van der Waals surface area contributed by atoms with Gasteiger partial charge in [0.2, 0.25) is 5.91 Å². The molecule has 3 aliphatic rings. The van der Waals surface area contributed by atoms with E-state index in [2.05, 4.69) is 15.5 Å². The molecule has 0 aromatic carbocycles. The molecule has 2 saturated heterocycles. The Hall–Kier alpha value is -1.30. The standard InChI is InChI=1S/C16H28N4O2/c1-12(2)18-15(22)20-6-5-19(8-13-3-4-13)10-16(11-20)7-14(21)17-9-16/h12-13H,3-11H2,1-2H3,(H,17,21)(H,18,22)/t16-/m0/s1. The molecular formula is C16H28N4O2. The zero-order valence-electron chi connectivity index (χ0n) is 13.7. The Morgan fingerprint density at radius 2 is 2.14 bits per heavy atom. The number of hydrogen-bond acceptors (Lipinski definition) is 3. The van der Waals surface area contributed by atoms with Crippen molar-refractivity contribution in [1.29, 1.82) is 0 Å². The predicted octanol–water partition coefficient (Wildman–Crippen LogP) is 0.638. The molecule has 2 heterocycles. The van der Waals surface area contributed by atoms with Crippen molar-refractivity contribution in [2.45, 2.75) is 39.2 Å². The summed E-state index contributed by atoms with van der Waals surface area (Å²) in [5.74, 6) is 0.954. The normalized spacial score (nSPS) is 29.8. The van der Waals surface area contributed by atoms with Gasteiger partial charge in [-0.1, -0.05) is 0 Å². The molecule has 3 amide bonds. The van der Waals surface area contributed by atoms with Crippen LogP contribution in [0.25, 0.3) is 0 Å². The van der Waals surface area contributed by atoms with Gasteiger partial charge in [-0.05, 0) is 32.6 Å². The number of urea groups is 1. The molecule has 22 heavy (non-hydrogen) atoms. The summed E-state index contributed by atoms with van der Waals surface area (Å²) in [6.07, 6.45) is 3.20. The summed E-state index contributed by atoms with van der Waals surface area (Å²) >= 11 is 0. The number of nitrogens with zero attached hydrogens (tertiary/aromatic N) is 2. The van der Waals surface area contributed by atoms with E-state index < -0.39 is 0 Å². The molecule has 0 unspecified atom stereocenters. The van der Waals surface area contributed by atoms with Crippen molar-refractivity contribution in [2.75, 3.05) is 39.3 Å². The minimum Gasteiger partial charge on any atom is -0.355 e. The van der Waals surface area contributed by atoms with Gasteiger partial charge in [-0.15, -0.1) is 0 Å². The average Bonchev–Trinajstić information content (AvgIpc) is 3.19. The molecule has 2 aliphatic heterocycles. The fourth-order valence-corrected chi connectivity index (χ4v) is 3.66. The highest BCUT2D eigenvalue weighted by Gasteiger charge is 2.44. The number of nitrogens with one attached hydrogen (secondary N) is 2. The first-order chi connectivity index (χ1) is 10.5. The monoisotopic (exact) mass is 308 g/mol. The molecule has 1 atom stereocenters. The van der Waals surface area contributed by atoms with E-state index in [1.165, 1.54) is 12.8 Å². The smallest absolute Gasteiger partial charge is 0.317 e. The van der Waals surface area contributed by atoms with E-state index in [4.69, 9.17) is 0 Å². The van der Waals surface area contributed by atoms with Gasteiger partial charge in [0, 0.05) is 57.1 Å². The van der Waals surface area contributed by atoms with Crippen molar-refractivity contribution in [3.05, 3.63) is 0 Å². The first kappa shape index (κ1) is 15.6. The zero-order valence-corrected chi connectivity index (χ0v) is 13.7. The summed E-state index contributed by atoms with van der Waals surface area (Å²) in [4.78, 5) is 28.6. The van der Waals surface area contributed by atoms with Crippen molar-refractivity contribution in [3.8, 4) is 0 Å². The molecule has 0 aromatic rings. The lowest BCUT2D eigenvalue weighted by atomic mass is 9.86. The van der Waals surface area contributed by atoms with Crippen LogP contribution in [-0.4, -0.2) is 67.0 Å². The van der Waals surface area contributed by atoms with Crippen LogP contribution in [0.3, 0.4) is 0 Å². The summed E-state index contributed by atoms with van der Waals surface area (Å²) in [7, 11) is 0. The summed E-state index contributed by atoms with van der Waals surface area (Å²) in [6, 6.07) is 0.139. The van der Waals surface area contributed by atoms with Crippen LogP contribution in [0, 0.1) is 11.3 Å². The Morgan fingerprint density at radius 1 is 1.36 bits per heavy atom. The number of amides is 3. The molecule has 3 fully saturated rings. The van der Waals surface area contributed by atoms with Crippen LogP contribution in [-0.2, 0) is 4.79 Å². The third kappa shape index (κ3) is 3.72. The highest BCUT2D eigenvalue weighted by molar-refractivity contribution is 5.80. The Balaban J connectivity index is 1.71. The molecule has 0 bridgehead atoms. The highest BCUT2D eigenvalue weighted by atomic mass is 16.2. The van der Waals surface area contributed by atoms with E-state index in [9.17, 15) is 9.59 Å². The number of rotatable bonds is 3. The maximum absolute atomic E-state index is 12.4. The average molecular weight is 308 g/mol. The second-order valence-corrected chi connectivity index (χ2v) is 7.66. The summed E-state index contributed by atoms with van der Waals surface area (Å²) in [5.41, 5.74) is -0.114. The molecule has 3 rings (SSSR count). The van der Waals surface area contributed by atoms with Gasteiger partial charge in [0.25, 0.3) is 0 Å². The van der Waals surface area contributed by atoms with Gasteiger partial charge < -0.3 is 20.4 Å². The van der Waals surface area contributed by atoms with Crippen LogP contribution in [0.15, 0.2) is 0 Å². The van der Waals surface area contributed by atoms with Crippen LogP contribution >= 0.6 is 0 Å². The quantitative estimate of drug-likeness (QED) is 0.804. The van der Waals surface area contributed by atoms with E-state index >= 15 is 0 Å². The Kier molecular flexibility index (Phi) is 4.30. The fourth-order valence-electron chi connectivity index (χ4n) is 3.66. The van der Waals surface area contributed by atoms with Gasteiger partial charge in [-0.25, -0.2) is 4.79 Å². The lowest BCUT2D eigenvalue weighted by Crippen LogP contribution is -2.48. The van der Waals surface area contributed by atoms with Gasteiger partial charge in [0.1, 0.15) is 0 Å². The highest BCUT2D eigenvalue weighted by Crippen LogP contribution is 2.34. The Morgan fingerprint density at radius 3 is 2.73 bits per heavy atom. The second-order valence-electron chi connectivity index (χ2n) is 7.66. The molecule has 1 saturated carbocycles. The molecule has 6 heteroatoms. The molecule has 2 N–H and O–H groups in total. The number of hydrogen-bond donors (Lipinski definition) is 2. The molecule has 6 nitrogen and oxygen atoms in total. The van der Waals surface area contributed by atoms with Crippen molar-refractivity contribution in [3.63, 3.8) is 0 Å². The molecule has 1 spiro atoms. The molecule has 124 valence electrons. The van der Waals surface area contributed by atoms with Gasteiger partial charge in [-0.2, -0.15) is 0 Å². The predicted molar refractivity (Wildman–Crippen MR) is 84.5 cm³/mol. The van der Waals surface area contributed by atoms with Crippen LogP contribution in [0.5, 0.6) is 0 Å². The summed E-state index contributed by atoms with van der Waals surface area (Å²) < 4.78 is 0. The molecule has 1 aliphatic carbocycles.